The van der Waals surface area contributed by atoms with Crippen LogP contribution in [0.15, 0.2) is 52.2 Å². The number of rotatable bonds is 4. The third kappa shape index (κ3) is 3.99. The summed E-state index contributed by atoms with van der Waals surface area (Å²) in [6, 6.07) is 9.85. The van der Waals surface area contributed by atoms with Gasteiger partial charge in [-0.1, -0.05) is 18.2 Å². The van der Waals surface area contributed by atoms with Crippen LogP contribution in [0.1, 0.15) is 6.23 Å². The molecule has 26 heavy (non-hydrogen) atoms. The highest BCUT2D eigenvalue weighted by atomic mass is 32.1. The zero-order chi connectivity index (χ0) is 18.7. The van der Waals surface area contributed by atoms with Gasteiger partial charge in [0.05, 0.1) is 0 Å². The van der Waals surface area contributed by atoms with Crippen molar-refractivity contribution in [2.75, 3.05) is 6.61 Å². The predicted octanol–water partition coefficient (Wildman–Crippen LogP) is -0.464. The third-order valence-corrected chi connectivity index (χ3v) is 3.97. The molecule has 9 nitrogen and oxygen atoms in total. The fourth-order valence-electron chi connectivity index (χ4n) is 2.49. The Hall–Kier alpha value is -2.53. The number of aliphatic hydroxyl groups excluding tert-OH is 2. The molecule has 0 aliphatic carbocycles. The standard InChI is InChI=1S/C16H16N2O7S/c19-11-6-7-18(15(22)17-11)14-13(21)12(20)10(25-14)8-23-16(26)24-9-4-2-1-3-5-9/h1-7,10,12-14,20-21H,8H2,(H,17,19,22)/t10-,12-,13-,14-/m1/s1. The molecule has 138 valence electrons. The monoisotopic (exact) mass is 380 g/mol. The van der Waals surface area contributed by atoms with E-state index in [-0.39, 0.29) is 11.8 Å². The van der Waals surface area contributed by atoms with E-state index in [0.29, 0.717) is 5.75 Å². The van der Waals surface area contributed by atoms with Crippen molar-refractivity contribution in [1.29, 1.82) is 0 Å². The summed E-state index contributed by atoms with van der Waals surface area (Å²) in [7, 11) is 0. The number of para-hydroxylation sites is 1. The number of hydrogen-bond donors (Lipinski definition) is 3. The molecule has 1 aromatic carbocycles. The molecule has 0 unspecified atom stereocenters. The van der Waals surface area contributed by atoms with Crippen molar-refractivity contribution in [2.45, 2.75) is 24.5 Å². The quantitative estimate of drug-likeness (QED) is 0.609. The van der Waals surface area contributed by atoms with Crippen molar-refractivity contribution >= 4 is 17.5 Å². The van der Waals surface area contributed by atoms with Crippen molar-refractivity contribution in [1.82, 2.24) is 9.55 Å². The molecular weight excluding hydrogens is 364 g/mol. The van der Waals surface area contributed by atoms with Crippen molar-refractivity contribution in [3.8, 4) is 5.75 Å². The van der Waals surface area contributed by atoms with Gasteiger partial charge in [0.2, 0.25) is 0 Å². The first-order valence-electron chi connectivity index (χ1n) is 7.68. The highest BCUT2D eigenvalue weighted by Crippen LogP contribution is 2.28. The maximum Gasteiger partial charge on any atom is 0.357 e. The van der Waals surface area contributed by atoms with Crippen LogP contribution in [0.5, 0.6) is 5.75 Å². The minimum atomic E-state index is -1.39. The van der Waals surface area contributed by atoms with Gasteiger partial charge in [-0.05, 0) is 12.1 Å². The lowest BCUT2D eigenvalue weighted by Gasteiger charge is -2.16. The Morgan fingerprint density at radius 2 is 1.92 bits per heavy atom. The highest BCUT2D eigenvalue weighted by molar-refractivity contribution is 7.79. The minimum absolute atomic E-state index is 0.175. The molecule has 3 rings (SSSR count). The summed E-state index contributed by atoms with van der Waals surface area (Å²) in [6.07, 6.45) is -3.67. The minimum Gasteiger partial charge on any atom is -0.454 e. The maximum atomic E-state index is 11.8. The summed E-state index contributed by atoms with van der Waals surface area (Å²) in [5, 5.41) is 20.1. The molecule has 1 aliphatic rings. The van der Waals surface area contributed by atoms with E-state index in [4.69, 9.17) is 26.4 Å². The number of H-pyrrole nitrogens is 1. The van der Waals surface area contributed by atoms with Crippen molar-refractivity contribution < 1.29 is 24.4 Å². The Kier molecular flexibility index (Phi) is 5.47. The number of aromatic nitrogens is 2. The lowest BCUT2D eigenvalue weighted by Crippen LogP contribution is -2.37. The summed E-state index contributed by atoms with van der Waals surface area (Å²) in [6.45, 7) is -0.196. The average Bonchev–Trinajstić information content (AvgIpc) is 2.89. The first-order chi connectivity index (χ1) is 12.5. The molecule has 2 heterocycles. The number of nitrogens with zero attached hydrogens (tertiary/aromatic N) is 1. The number of aliphatic hydroxyl groups is 2. The van der Waals surface area contributed by atoms with Gasteiger partial charge in [0.1, 0.15) is 30.7 Å². The molecule has 0 radical (unpaired) electrons. The van der Waals surface area contributed by atoms with Gasteiger partial charge in [0.15, 0.2) is 6.23 Å². The summed E-state index contributed by atoms with van der Waals surface area (Å²) in [5.41, 5.74) is -1.35. The first kappa shape index (κ1) is 18.3. The van der Waals surface area contributed by atoms with Crippen LogP contribution in [0.3, 0.4) is 0 Å². The number of ether oxygens (including phenoxy) is 3. The smallest absolute Gasteiger partial charge is 0.357 e. The van der Waals surface area contributed by atoms with Gasteiger partial charge in [-0.2, -0.15) is 0 Å². The zero-order valence-corrected chi connectivity index (χ0v) is 14.2. The van der Waals surface area contributed by atoms with Crippen LogP contribution in [-0.2, 0) is 9.47 Å². The fraction of sp³-hybridized carbons (Fsp3) is 0.312. The van der Waals surface area contributed by atoms with E-state index in [1.807, 2.05) is 6.07 Å². The molecule has 4 atom stereocenters. The largest absolute Gasteiger partial charge is 0.454 e. The summed E-state index contributed by atoms with van der Waals surface area (Å²) in [4.78, 5) is 25.0. The molecule has 10 heteroatoms. The van der Waals surface area contributed by atoms with E-state index in [1.54, 1.807) is 24.3 Å². The highest BCUT2D eigenvalue weighted by Gasteiger charge is 2.44. The van der Waals surface area contributed by atoms with Gasteiger partial charge in [-0.3, -0.25) is 14.3 Å². The molecule has 1 saturated heterocycles. The summed E-state index contributed by atoms with van der Waals surface area (Å²) in [5.74, 6) is 0.489. The summed E-state index contributed by atoms with van der Waals surface area (Å²) < 4.78 is 17.0. The molecule has 1 aromatic heterocycles. The third-order valence-electron chi connectivity index (χ3n) is 3.77. The van der Waals surface area contributed by atoms with Crippen LogP contribution in [-0.4, -0.2) is 49.9 Å². The van der Waals surface area contributed by atoms with Crippen LogP contribution in [0.25, 0.3) is 0 Å². The van der Waals surface area contributed by atoms with E-state index in [9.17, 15) is 19.8 Å². The van der Waals surface area contributed by atoms with Crippen molar-refractivity contribution in [2.24, 2.45) is 0 Å². The Balaban J connectivity index is 1.62. The number of hydrogen-bond acceptors (Lipinski definition) is 8. The van der Waals surface area contributed by atoms with Gasteiger partial charge in [-0.25, -0.2) is 4.79 Å². The molecule has 3 N–H and O–H groups in total. The second-order valence-electron chi connectivity index (χ2n) is 5.54. The second-order valence-corrected chi connectivity index (χ2v) is 5.87. The molecule has 0 spiro atoms. The number of nitrogens with one attached hydrogen (secondary N) is 1. The van der Waals surface area contributed by atoms with E-state index in [0.717, 1.165) is 10.6 Å². The SMILES string of the molecule is O=c1ccn([C@@H]2O[C@H](COC(=S)Oc3ccccc3)[C@@H](O)[C@H]2O)c(=O)[nH]1. The molecule has 0 amide bonds. The first-order valence-corrected chi connectivity index (χ1v) is 8.09. The van der Waals surface area contributed by atoms with Gasteiger partial charge >= 0.3 is 10.9 Å². The second kappa shape index (κ2) is 7.79. The Labute approximate surface area is 152 Å². The van der Waals surface area contributed by atoms with E-state index < -0.39 is 35.8 Å². The van der Waals surface area contributed by atoms with E-state index >= 15 is 0 Å². The Morgan fingerprint density at radius 1 is 1.19 bits per heavy atom. The summed E-state index contributed by atoms with van der Waals surface area (Å²) >= 11 is 4.96. The van der Waals surface area contributed by atoms with E-state index in [2.05, 4.69) is 4.98 Å². The number of thiocarbonyl (C=S) groups is 1. The molecule has 1 aliphatic heterocycles. The Morgan fingerprint density at radius 3 is 2.62 bits per heavy atom. The van der Waals surface area contributed by atoms with E-state index in [1.165, 1.54) is 6.20 Å². The number of benzene rings is 1. The molecule has 1 fully saturated rings. The normalized spacial score (nSPS) is 25.0. The van der Waals surface area contributed by atoms with Crippen LogP contribution in [0, 0.1) is 0 Å². The van der Waals surface area contributed by atoms with Crippen LogP contribution in [0.4, 0.5) is 0 Å². The molecular formula is C16H16N2O7S. The van der Waals surface area contributed by atoms with Gasteiger partial charge < -0.3 is 24.4 Å². The van der Waals surface area contributed by atoms with Gasteiger partial charge in [-0.15, -0.1) is 0 Å². The fourth-order valence-corrected chi connectivity index (χ4v) is 2.65. The maximum absolute atomic E-state index is 11.8. The molecule has 2 aromatic rings. The van der Waals surface area contributed by atoms with Crippen molar-refractivity contribution in [3.05, 3.63) is 63.4 Å². The van der Waals surface area contributed by atoms with Gasteiger partial charge in [0.25, 0.3) is 5.56 Å². The van der Waals surface area contributed by atoms with Crippen molar-refractivity contribution in [3.63, 3.8) is 0 Å². The number of aromatic amines is 1. The Bertz CT molecular complexity index is 882. The predicted molar refractivity (Wildman–Crippen MR) is 92.9 cm³/mol. The molecule has 0 saturated carbocycles. The lowest BCUT2D eigenvalue weighted by atomic mass is 10.1. The lowest BCUT2D eigenvalue weighted by molar-refractivity contribution is -0.0545. The molecule has 0 bridgehead atoms. The van der Waals surface area contributed by atoms with Crippen LogP contribution >= 0.6 is 12.2 Å². The van der Waals surface area contributed by atoms with Crippen LogP contribution < -0.4 is 16.0 Å². The average molecular weight is 380 g/mol. The van der Waals surface area contributed by atoms with Gasteiger partial charge in [0, 0.05) is 24.5 Å². The van der Waals surface area contributed by atoms with Crippen LogP contribution in [0.2, 0.25) is 0 Å². The topological polar surface area (TPSA) is 123 Å². The zero-order valence-electron chi connectivity index (χ0n) is 13.3.